The number of nitrogens with one attached hydrogen (secondary N) is 1. The van der Waals surface area contributed by atoms with Crippen LogP contribution in [0, 0.1) is 42.6 Å². The third-order valence-electron chi connectivity index (χ3n) is 11.3. The van der Waals surface area contributed by atoms with Crippen LogP contribution < -0.4 is 9.64 Å². The Bertz CT molecular complexity index is 1890. The highest BCUT2D eigenvalue weighted by Crippen LogP contribution is 2.51. The van der Waals surface area contributed by atoms with E-state index in [2.05, 4.69) is 82.7 Å². The molecule has 4 atom stereocenters. The summed E-state index contributed by atoms with van der Waals surface area (Å²) < 4.78 is 7.94. The summed E-state index contributed by atoms with van der Waals surface area (Å²) in [5.74, 6) is 3.23. The molecular weight excluding hydrogens is 619 g/mol. The second-order valence-corrected chi connectivity index (χ2v) is 16.5. The molecule has 2 heterocycles. The van der Waals surface area contributed by atoms with Crippen molar-refractivity contribution in [3.8, 4) is 17.3 Å². The fourth-order valence-electron chi connectivity index (χ4n) is 8.87. The molecule has 0 radical (unpaired) electrons. The zero-order valence-electron chi connectivity index (χ0n) is 31.3. The van der Waals surface area contributed by atoms with E-state index in [1.165, 1.54) is 53.7 Å². The number of fused-ring (bicyclic) bond motifs is 1. The van der Waals surface area contributed by atoms with E-state index in [1.54, 1.807) is 11.6 Å². The Hall–Kier alpha value is -4.31. The van der Waals surface area contributed by atoms with E-state index in [-0.39, 0.29) is 11.3 Å². The molecular formula is C43H55N5O2. The zero-order chi connectivity index (χ0) is 35.7. The first-order chi connectivity index (χ1) is 23.8. The maximum atomic E-state index is 13.7. The lowest BCUT2D eigenvalue weighted by molar-refractivity contribution is 0.0521. The van der Waals surface area contributed by atoms with Gasteiger partial charge in [0.25, 0.3) is 5.69 Å². The van der Waals surface area contributed by atoms with Gasteiger partial charge in [0.05, 0.1) is 6.57 Å². The van der Waals surface area contributed by atoms with Crippen molar-refractivity contribution in [3.63, 3.8) is 0 Å². The number of carbonyl (C=O) groups is 1. The number of aryl methyl sites for hydroxylation is 1. The summed E-state index contributed by atoms with van der Waals surface area (Å²) in [6.45, 7) is 24.4. The number of hydrogen-bond acceptors (Lipinski definition) is 3. The highest BCUT2D eigenvalue weighted by Gasteiger charge is 2.42. The number of nitrogens with zero attached hydrogens (tertiary/aromatic N) is 4. The van der Waals surface area contributed by atoms with Gasteiger partial charge in [-0.25, -0.2) is 19.1 Å². The van der Waals surface area contributed by atoms with Crippen LogP contribution in [0.25, 0.3) is 21.9 Å². The van der Waals surface area contributed by atoms with Gasteiger partial charge in [0.2, 0.25) is 5.88 Å². The first kappa shape index (κ1) is 35.5. The molecule has 1 amide bonds. The molecule has 0 saturated heterocycles. The minimum Gasteiger partial charge on any atom is -0.401 e. The van der Waals surface area contributed by atoms with Crippen molar-refractivity contribution in [3.05, 3.63) is 88.3 Å². The minimum atomic E-state index is -0.556. The van der Waals surface area contributed by atoms with Gasteiger partial charge in [-0.15, -0.1) is 0 Å². The van der Waals surface area contributed by atoms with Crippen LogP contribution in [0.1, 0.15) is 109 Å². The second kappa shape index (κ2) is 14.5. The summed E-state index contributed by atoms with van der Waals surface area (Å²) in [6.07, 6.45) is 11.2. The van der Waals surface area contributed by atoms with Crippen LogP contribution in [0.3, 0.4) is 0 Å². The monoisotopic (exact) mass is 673 g/mol. The van der Waals surface area contributed by atoms with Crippen molar-refractivity contribution >= 4 is 23.1 Å². The molecule has 4 unspecified atom stereocenters. The van der Waals surface area contributed by atoms with Gasteiger partial charge in [0.1, 0.15) is 5.65 Å². The second-order valence-electron chi connectivity index (χ2n) is 16.5. The molecule has 264 valence electrons. The van der Waals surface area contributed by atoms with Crippen LogP contribution in [-0.4, -0.2) is 27.7 Å². The summed E-state index contributed by atoms with van der Waals surface area (Å²) in [4.78, 5) is 24.5. The van der Waals surface area contributed by atoms with Crippen molar-refractivity contribution in [2.75, 3.05) is 11.9 Å². The van der Waals surface area contributed by atoms with E-state index >= 15 is 0 Å². The summed E-state index contributed by atoms with van der Waals surface area (Å²) in [7, 11) is 1.69. The summed E-state index contributed by atoms with van der Waals surface area (Å²) >= 11 is 0. The number of aromatic nitrogens is 3. The molecule has 0 aliphatic heterocycles. The van der Waals surface area contributed by atoms with Gasteiger partial charge in [-0.05, 0) is 118 Å². The Morgan fingerprint density at radius 3 is 2.48 bits per heavy atom. The molecule has 50 heavy (non-hydrogen) atoms. The highest BCUT2D eigenvalue weighted by molar-refractivity contribution is 5.90. The molecule has 2 aliphatic carbocycles. The smallest absolute Gasteiger partial charge is 0.401 e. The first-order valence-electron chi connectivity index (χ1n) is 18.6. The van der Waals surface area contributed by atoms with Crippen molar-refractivity contribution in [1.29, 1.82) is 0 Å². The van der Waals surface area contributed by atoms with Crippen LogP contribution >= 0.6 is 0 Å². The average molecular weight is 674 g/mol. The van der Waals surface area contributed by atoms with Gasteiger partial charge in [0, 0.05) is 23.9 Å². The van der Waals surface area contributed by atoms with E-state index in [9.17, 15) is 4.79 Å². The molecule has 7 nitrogen and oxygen atoms in total. The van der Waals surface area contributed by atoms with Crippen molar-refractivity contribution in [2.45, 2.75) is 106 Å². The molecule has 2 saturated carbocycles. The molecule has 1 N–H and O–H groups in total. The highest BCUT2D eigenvalue weighted by atomic mass is 16.6. The first-order valence-corrected chi connectivity index (χ1v) is 18.6. The molecule has 0 bridgehead atoms. The SMILES string of the molecule is [C-]#[N+]c1c(CC2C(C=C(C)C)CC(C)CC2C(C)(C)C)c2nc(-c3cc(C)cc(C4CCCCC4)c3)[nH]n2c1OC(=O)N(C)c1ccccc1. The lowest BCUT2D eigenvalue weighted by Gasteiger charge is -2.46. The van der Waals surface area contributed by atoms with E-state index in [1.807, 2.05) is 30.3 Å². The fourth-order valence-corrected chi connectivity index (χ4v) is 8.87. The lowest BCUT2D eigenvalue weighted by Crippen LogP contribution is -2.39. The largest absolute Gasteiger partial charge is 0.419 e. The summed E-state index contributed by atoms with van der Waals surface area (Å²) in [5.41, 5.74) is 7.60. The van der Waals surface area contributed by atoms with E-state index in [0.29, 0.717) is 53.0 Å². The van der Waals surface area contributed by atoms with Crippen LogP contribution in [0.2, 0.25) is 0 Å². The number of para-hydroxylation sites is 1. The number of aromatic amines is 1. The fraction of sp³-hybridized carbons (Fsp3) is 0.512. The van der Waals surface area contributed by atoms with Gasteiger partial charge >= 0.3 is 6.09 Å². The topological polar surface area (TPSA) is 67.0 Å². The van der Waals surface area contributed by atoms with Crippen LogP contribution in [0.4, 0.5) is 16.2 Å². The van der Waals surface area contributed by atoms with Crippen LogP contribution in [0.5, 0.6) is 5.88 Å². The number of ether oxygens (including phenoxy) is 1. The van der Waals surface area contributed by atoms with Gasteiger partial charge in [-0.1, -0.05) is 88.4 Å². The Morgan fingerprint density at radius 1 is 1.10 bits per heavy atom. The number of anilines is 1. The number of allylic oxidation sites excluding steroid dienone is 2. The molecule has 7 heteroatoms. The Kier molecular flexibility index (Phi) is 10.3. The van der Waals surface area contributed by atoms with Crippen molar-refractivity contribution in [2.24, 2.45) is 29.1 Å². The number of rotatable bonds is 7. The molecule has 4 aromatic rings. The summed E-state index contributed by atoms with van der Waals surface area (Å²) in [6, 6.07) is 16.2. The molecule has 0 spiro atoms. The molecule has 2 fully saturated rings. The van der Waals surface area contributed by atoms with E-state index in [4.69, 9.17) is 16.3 Å². The molecule has 2 aromatic carbocycles. The number of benzene rings is 2. The number of amides is 1. The maximum Gasteiger partial charge on any atom is 0.419 e. The number of H-pyrrole nitrogens is 1. The summed E-state index contributed by atoms with van der Waals surface area (Å²) in [5, 5.41) is 3.50. The zero-order valence-corrected chi connectivity index (χ0v) is 31.3. The average Bonchev–Trinajstić information content (AvgIpc) is 3.63. The minimum absolute atomic E-state index is 0.0890. The molecule has 2 aliphatic rings. The van der Waals surface area contributed by atoms with Crippen molar-refractivity contribution < 1.29 is 9.53 Å². The van der Waals surface area contributed by atoms with Crippen LogP contribution in [0.15, 0.2) is 60.2 Å². The standard InChI is InChI=1S/C43H55N5O2/c1-27(2)20-32-22-29(4)24-37(43(5,6)7)35(32)26-36-38(44-8)41(50-42(49)47(9)34-18-14-11-15-19-34)48-40(36)45-39(46-48)33-23-28(3)21-31(25-33)30-16-12-10-13-17-30/h11,14-15,18-21,23,25,29-30,32,35,37H,10,12-13,16-17,22,24,26H2,1-7,9H3,(H,45,46). The molecule has 2 aromatic heterocycles. The normalized spacial score (nSPS) is 21.5. The van der Waals surface area contributed by atoms with Crippen LogP contribution in [-0.2, 0) is 6.42 Å². The van der Waals surface area contributed by atoms with E-state index in [0.717, 1.165) is 29.8 Å². The Balaban J connectivity index is 1.49. The number of carbonyl (C=O) groups excluding carboxylic acids is 1. The lowest BCUT2D eigenvalue weighted by atomic mass is 9.58. The third kappa shape index (κ3) is 7.41. The quantitative estimate of drug-likeness (QED) is 0.157. The predicted molar refractivity (Wildman–Crippen MR) is 204 cm³/mol. The maximum absolute atomic E-state index is 13.7. The predicted octanol–water partition coefficient (Wildman–Crippen LogP) is 11.7. The van der Waals surface area contributed by atoms with Gasteiger partial charge in [0.15, 0.2) is 5.82 Å². The Morgan fingerprint density at radius 2 is 1.82 bits per heavy atom. The van der Waals surface area contributed by atoms with Gasteiger partial charge in [-0.3, -0.25) is 10.00 Å². The van der Waals surface area contributed by atoms with E-state index < -0.39 is 6.09 Å². The molecule has 6 rings (SSSR count). The van der Waals surface area contributed by atoms with Crippen molar-refractivity contribution in [1.82, 2.24) is 14.6 Å². The Labute approximate surface area is 298 Å². The van der Waals surface area contributed by atoms with Gasteiger partial charge < -0.3 is 4.74 Å². The van der Waals surface area contributed by atoms with Gasteiger partial charge in [-0.2, -0.15) is 0 Å². The number of hydrogen-bond donors (Lipinski definition) is 1. The third-order valence-corrected chi connectivity index (χ3v) is 11.3.